The molecule has 1 aromatic rings. The number of allylic oxidation sites excluding steroid dienone is 4. The number of halogens is 1. The molecule has 3 saturated carbocycles. The van der Waals surface area contributed by atoms with E-state index < -0.39 is 29.5 Å². The number of ketones is 2. The Morgan fingerprint density at radius 1 is 1.24 bits per heavy atom. The third-order valence-electron chi connectivity index (χ3n) is 10.4. The van der Waals surface area contributed by atoms with E-state index in [-0.39, 0.29) is 47.2 Å². The zero-order valence-corrected chi connectivity index (χ0v) is 22.3. The molecular weight excluding hydrogens is 487 g/mol. The molecule has 1 aromatic carbocycles. The summed E-state index contributed by atoms with van der Waals surface area (Å²) in [6, 6.07) is 5.62. The highest BCUT2D eigenvalue weighted by molar-refractivity contribution is 6.01. The first-order valence-corrected chi connectivity index (χ1v) is 14.0. The normalized spacial score (nSPS) is 43.1. The fourth-order valence-electron chi connectivity index (χ4n) is 8.79. The van der Waals surface area contributed by atoms with Crippen LogP contribution >= 0.6 is 0 Å². The third-order valence-corrected chi connectivity index (χ3v) is 10.4. The molecule has 0 bridgehead atoms. The summed E-state index contributed by atoms with van der Waals surface area (Å²) in [7, 11) is 0. The van der Waals surface area contributed by atoms with E-state index in [0.29, 0.717) is 25.0 Å². The van der Waals surface area contributed by atoms with Crippen LogP contribution in [-0.2, 0) is 19.1 Å². The van der Waals surface area contributed by atoms with Crippen LogP contribution in [0.25, 0.3) is 0 Å². The second kappa shape index (κ2) is 9.10. The molecule has 38 heavy (non-hydrogen) atoms. The summed E-state index contributed by atoms with van der Waals surface area (Å²) in [6.45, 7) is 6.08. The molecule has 0 spiro atoms. The monoisotopic (exact) mass is 524 g/mol. The first-order valence-electron chi connectivity index (χ1n) is 14.0. The van der Waals surface area contributed by atoms with Crippen molar-refractivity contribution in [1.29, 1.82) is 0 Å². The lowest BCUT2D eigenvalue weighted by atomic mass is 9.46. The number of ether oxygens (including phenoxy) is 3. The van der Waals surface area contributed by atoms with Gasteiger partial charge < -0.3 is 19.3 Å². The lowest BCUT2D eigenvalue weighted by Crippen LogP contribution is -2.63. The predicted octanol–water partition coefficient (Wildman–Crippen LogP) is 4.94. The average Bonchev–Trinajstić information content (AvgIpc) is 3.36. The molecule has 1 heterocycles. The van der Waals surface area contributed by atoms with Crippen LogP contribution in [-0.4, -0.2) is 47.4 Å². The van der Waals surface area contributed by atoms with Crippen LogP contribution in [0.4, 0.5) is 4.39 Å². The molecule has 7 heteroatoms. The molecule has 0 radical (unpaired) electrons. The summed E-state index contributed by atoms with van der Waals surface area (Å²) in [6.07, 6.45) is 8.11. The first-order chi connectivity index (χ1) is 18.1. The molecule has 4 aliphatic carbocycles. The van der Waals surface area contributed by atoms with Crippen LogP contribution in [0.2, 0.25) is 0 Å². The average molecular weight is 525 g/mol. The van der Waals surface area contributed by atoms with Gasteiger partial charge in [0, 0.05) is 16.7 Å². The molecule has 9 atom stereocenters. The van der Waals surface area contributed by atoms with Crippen molar-refractivity contribution in [2.75, 3.05) is 6.61 Å². The van der Waals surface area contributed by atoms with Gasteiger partial charge in [-0.15, -0.1) is 0 Å². The minimum atomic E-state index is -1.22. The Labute approximate surface area is 223 Å². The smallest absolute Gasteiger partial charge is 0.205 e. The quantitative estimate of drug-likeness (QED) is 0.568. The van der Waals surface area contributed by atoms with Crippen molar-refractivity contribution in [3.05, 3.63) is 53.9 Å². The summed E-state index contributed by atoms with van der Waals surface area (Å²) in [4.78, 5) is 26.3. The van der Waals surface area contributed by atoms with Crippen LogP contribution in [0, 0.1) is 34.4 Å². The standard InChI is InChI=1S/C31H37FO6/c1-4-5-27-37-26-15-23-22-11-6-18-14-20(33)12-13-29(18,2)28(22)24(34)16-30(23,3)31(26,38-27)25(35)17-36-21-9-7-19(32)8-10-21/h7-10,12-14,22-24,26-28,34H,4-6,11,15-17H2,1-3H3/t22?,23?,24-,26+,27?,28?,29?,30?,31-/m0/s1. The van der Waals surface area contributed by atoms with Crippen molar-refractivity contribution in [3.63, 3.8) is 0 Å². The predicted molar refractivity (Wildman–Crippen MR) is 138 cm³/mol. The molecule has 6 unspecified atom stereocenters. The molecule has 5 aliphatic rings. The maximum atomic E-state index is 14.1. The number of aliphatic hydroxyl groups excluding tert-OH is 1. The van der Waals surface area contributed by atoms with Gasteiger partial charge in [-0.2, -0.15) is 0 Å². The second-order valence-corrected chi connectivity index (χ2v) is 12.3. The van der Waals surface area contributed by atoms with Gasteiger partial charge in [-0.3, -0.25) is 9.59 Å². The molecule has 1 aliphatic heterocycles. The van der Waals surface area contributed by atoms with Gasteiger partial charge in [0.15, 0.2) is 17.7 Å². The Morgan fingerprint density at radius 2 is 2.00 bits per heavy atom. The number of carbonyl (C=O) groups is 2. The zero-order chi connectivity index (χ0) is 26.9. The molecule has 0 aromatic heterocycles. The lowest BCUT2D eigenvalue weighted by Gasteiger charge is -2.59. The Morgan fingerprint density at radius 3 is 2.74 bits per heavy atom. The lowest BCUT2D eigenvalue weighted by molar-refractivity contribution is -0.200. The van der Waals surface area contributed by atoms with Gasteiger partial charge in [0.25, 0.3) is 0 Å². The number of benzene rings is 1. The van der Waals surface area contributed by atoms with Crippen LogP contribution in [0.15, 0.2) is 48.1 Å². The van der Waals surface area contributed by atoms with E-state index in [1.807, 2.05) is 6.08 Å². The first kappa shape index (κ1) is 25.9. The van der Waals surface area contributed by atoms with Gasteiger partial charge in [0.05, 0.1) is 12.2 Å². The third kappa shape index (κ3) is 3.61. The van der Waals surface area contributed by atoms with Crippen LogP contribution in [0.1, 0.15) is 59.3 Å². The Bertz CT molecular complexity index is 1190. The number of aliphatic hydroxyl groups is 1. The number of hydrogen-bond acceptors (Lipinski definition) is 6. The highest BCUT2D eigenvalue weighted by Gasteiger charge is 2.75. The van der Waals surface area contributed by atoms with Crippen molar-refractivity contribution in [2.45, 2.75) is 83.4 Å². The van der Waals surface area contributed by atoms with Crippen molar-refractivity contribution >= 4 is 11.6 Å². The van der Waals surface area contributed by atoms with Gasteiger partial charge >= 0.3 is 0 Å². The van der Waals surface area contributed by atoms with E-state index in [0.717, 1.165) is 24.8 Å². The molecule has 6 rings (SSSR count). The second-order valence-electron chi connectivity index (χ2n) is 12.3. The zero-order valence-electron chi connectivity index (χ0n) is 22.3. The van der Waals surface area contributed by atoms with Crippen LogP contribution < -0.4 is 4.74 Å². The van der Waals surface area contributed by atoms with Gasteiger partial charge in [0.1, 0.15) is 18.2 Å². The fraction of sp³-hybridized carbons (Fsp3) is 0.613. The van der Waals surface area contributed by atoms with E-state index in [1.54, 1.807) is 12.2 Å². The van der Waals surface area contributed by atoms with Gasteiger partial charge in [-0.05, 0) is 80.4 Å². The van der Waals surface area contributed by atoms with Crippen LogP contribution in [0.5, 0.6) is 5.75 Å². The van der Waals surface area contributed by atoms with Crippen molar-refractivity contribution < 1.29 is 33.3 Å². The Balaban J connectivity index is 1.34. The molecule has 1 N–H and O–H groups in total. The van der Waals surface area contributed by atoms with E-state index in [4.69, 9.17) is 14.2 Å². The molecule has 0 amide bonds. The van der Waals surface area contributed by atoms with Crippen molar-refractivity contribution in [1.82, 2.24) is 0 Å². The molecular formula is C31H37FO6. The fourth-order valence-corrected chi connectivity index (χ4v) is 8.79. The largest absolute Gasteiger partial charge is 0.486 e. The highest BCUT2D eigenvalue weighted by Crippen LogP contribution is 2.69. The summed E-state index contributed by atoms with van der Waals surface area (Å²) in [5.74, 6) is 0.0981. The maximum Gasteiger partial charge on any atom is 0.205 e. The SMILES string of the molecule is CCCC1O[C@@H]2CC3C4CCC5=CC(=O)C=CC5(C)C4[C@@H](O)CC3(C)[C@@]2(C(=O)COc2ccc(F)cc2)O1. The van der Waals surface area contributed by atoms with Crippen molar-refractivity contribution in [3.8, 4) is 5.75 Å². The van der Waals surface area contributed by atoms with Crippen molar-refractivity contribution in [2.24, 2.45) is 28.6 Å². The van der Waals surface area contributed by atoms with Gasteiger partial charge in [-0.1, -0.05) is 38.8 Å². The van der Waals surface area contributed by atoms with E-state index >= 15 is 0 Å². The van der Waals surface area contributed by atoms with E-state index in [9.17, 15) is 19.1 Å². The molecule has 6 nitrogen and oxygen atoms in total. The van der Waals surface area contributed by atoms with E-state index in [1.165, 1.54) is 24.3 Å². The summed E-state index contributed by atoms with van der Waals surface area (Å²) < 4.78 is 32.3. The highest BCUT2D eigenvalue weighted by atomic mass is 19.1. The molecule has 1 saturated heterocycles. The summed E-state index contributed by atoms with van der Waals surface area (Å²) in [5.41, 5.74) is -1.15. The molecule has 4 fully saturated rings. The number of rotatable bonds is 6. The molecule has 204 valence electrons. The van der Waals surface area contributed by atoms with Crippen LogP contribution in [0.3, 0.4) is 0 Å². The summed E-state index contributed by atoms with van der Waals surface area (Å²) >= 11 is 0. The topological polar surface area (TPSA) is 82.1 Å². The van der Waals surface area contributed by atoms with Gasteiger partial charge in [0.2, 0.25) is 5.78 Å². The Hall–Kier alpha value is -2.35. The number of Topliss-reactive ketones (excluding diaryl/α,β-unsaturated/α-hetero) is 1. The summed E-state index contributed by atoms with van der Waals surface area (Å²) in [5, 5.41) is 11.8. The minimum Gasteiger partial charge on any atom is -0.486 e. The number of carbonyl (C=O) groups excluding carboxylic acids is 2. The van der Waals surface area contributed by atoms with Gasteiger partial charge in [-0.25, -0.2) is 4.39 Å². The Kier molecular flexibility index (Phi) is 6.21. The number of hydrogen-bond donors (Lipinski definition) is 1. The minimum absolute atomic E-state index is 0.0101. The number of fused-ring (bicyclic) bond motifs is 7. The maximum absolute atomic E-state index is 14.1. The van der Waals surface area contributed by atoms with E-state index in [2.05, 4.69) is 20.8 Å².